The SMILES string of the molecule is CCC(C)(C(O)c1cccc2ccccc12)N(C)C. The minimum atomic E-state index is -0.501. The van der Waals surface area contributed by atoms with Gasteiger partial charge in [-0.25, -0.2) is 0 Å². The van der Waals surface area contributed by atoms with Crippen molar-refractivity contribution in [2.24, 2.45) is 0 Å². The first kappa shape index (κ1) is 14.0. The lowest BCUT2D eigenvalue weighted by Crippen LogP contribution is -2.46. The Hall–Kier alpha value is -1.38. The number of aliphatic hydroxyl groups is 1. The van der Waals surface area contributed by atoms with E-state index >= 15 is 0 Å². The highest BCUT2D eigenvalue weighted by Crippen LogP contribution is 2.35. The van der Waals surface area contributed by atoms with E-state index in [0.29, 0.717) is 0 Å². The molecule has 2 rings (SSSR count). The van der Waals surface area contributed by atoms with Crippen LogP contribution in [0.2, 0.25) is 0 Å². The Morgan fingerprint density at radius 2 is 1.74 bits per heavy atom. The fraction of sp³-hybridized carbons (Fsp3) is 0.412. The van der Waals surface area contributed by atoms with Gasteiger partial charge in [0.2, 0.25) is 0 Å². The van der Waals surface area contributed by atoms with E-state index in [-0.39, 0.29) is 5.54 Å². The summed E-state index contributed by atoms with van der Waals surface area (Å²) < 4.78 is 0. The number of likely N-dealkylation sites (N-methyl/N-ethyl adjacent to an activating group) is 1. The molecule has 2 aromatic rings. The van der Waals surface area contributed by atoms with Crippen molar-refractivity contribution in [1.29, 1.82) is 0 Å². The third-order valence-corrected chi connectivity index (χ3v) is 4.44. The smallest absolute Gasteiger partial charge is 0.0976 e. The highest BCUT2D eigenvalue weighted by Gasteiger charge is 2.35. The summed E-state index contributed by atoms with van der Waals surface area (Å²) in [5.41, 5.74) is 0.751. The molecule has 0 aliphatic heterocycles. The molecule has 0 fully saturated rings. The van der Waals surface area contributed by atoms with Crippen molar-refractivity contribution >= 4 is 10.8 Å². The topological polar surface area (TPSA) is 23.5 Å². The van der Waals surface area contributed by atoms with Crippen LogP contribution in [0.25, 0.3) is 10.8 Å². The van der Waals surface area contributed by atoms with Gasteiger partial charge in [0.15, 0.2) is 0 Å². The molecule has 2 aromatic carbocycles. The lowest BCUT2D eigenvalue weighted by atomic mass is 9.84. The normalized spacial score (nSPS) is 16.5. The van der Waals surface area contributed by atoms with E-state index in [1.807, 2.05) is 38.4 Å². The highest BCUT2D eigenvalue weighted by molar-refractivity contribution is 5.86. The van der Waals surface area contributed by atoms with Gasteiger partial charge in [-0.3, -0.25) is 0 Å². The van der Waals surface area contributed by atoms with Gasteiger partial charge in [0.25, 0.3) is 0 Å². The Morgan fingerprint density at radius 1 is 1.11 bits per heavy atom. The van der Waals surface area contributed by atoms with E-state index in [2.05, 4.69) is 36.9 Å². The molecule has 0 spiro atoms. The molecule has 1 N–H and O–H groups in total. The van der Waals surface area contributed by atoms with E-state index in [1.54, 1.807) is 0 Å². The number of nitrogens with zero attached hydrogens (tertiary/aromatic N) is 1. The van der Waals surface area contributed by atoms with Gasteiger partial charge < -0.3 is 10.0 Å². The second kappa shape index (κ2) is 5.32. The predicted molar refractivity (Wildman–Crippen MR) is 81.3 cm³/mol. The molecular formula is C17H23NO. The van der Waals surface area contributed by atoms with Crippen LogP contribution in [0.3, 0.4) is 0 Å². The van der Waals surface area contributed by atoms with E-state index in [9.17, 15) is 5.11 Å². The molecule has 0 bridgehead atoms. The number of aliphatic hydroxyl groups excluding tert-OH is 1. The van der Waals surface area contributed by atoms with Crippen molar-refractivity contribution in [3.8, 4) is 0 Å². The van der Waals surface area contributed by atoms with Crippen molar-refractivity contribution in [1.82, 2.24) is 4.90 Å². The third-order valence-electron chi connectivity index (χ3n) is 4.44. The number of fused-ring (bicyclic) bond motifs is 1. The molecule has 2 nitrogen and oxygen atoms in total. The molecule has 0 radical (unpaired) electrons. The number of benzene rings is 2. The van der Waals surface area contributed by atoms with Crippen LogP contribution < -0.4 is 0 Å². The van der Waals surface area contributed by atoms with Crippen molar-refractivity contribution in [2.45, 2.75) is 31.9 Å². The third kappa shape index (κ3) is 2.38. The molecule has 2 atom stereocenters. The Labute approximate surface area is 115 Å². The molecule has 0 aliphatic carbocycles. The number of hydrogen-bond donors (Lipinski definition) is 1. The van der Waals surface area contributed by atoms with Crippen LogP contribution in [-0.4, -0.2) is 29.6 Å². The lowest BCUT2D eigenvalue weighted by molar-refractivity contribution is 0.00176. The minimum absolute atomic E-state index is 0.260. The summed E-state index contributed by atoms with van der Waals surface area (Å²) in [7, 11) is 4.05. The van der Waals surface area contributed by atoms with Crippen LogP contribution in [0.1, 0.15) is 31.9 Å². The quantitative estimate of drug-likeness (QED) is 0.904. The van der Waals surface area contributed by atoms with Crippen LogP contribution in [0.5, 0.6) is 0 Å². The van der Waals surface area contributed by atoms with Gasteiger partial charge in [-0.2, -0.15) is 0 Å². The molecule has 0 aliphatic rings. The molecule has 0 aromatic heterocycles. The fourth-order valence-corrected chi connectivity index (χ4v) is 2.58. The van der Waals surface area contributed by atoms with E-state index in [1.165, 1.54) is 5.39 Å². The second-order valence-electron chi connectivity index (χ2n) is 5.58. The molecule has 0 saturated heterocycles. The lowest BCUT2D eigenvalue weighted by Gasteiger charge is -2.40. The first-order chi connectivity index (χ1) is 9.00. The summed E-state index contributed by atoms with van der Waals surface area (Å²) >= 11 is 0. The Balaban J connectivity index is 2.55. The molecule has 2 unspecified atom stereocenters. The van der Waals surface area contributed by atoms with Gasteiger partial charge in [0.05, 0.1) is 6.10 Å². The van der Waals surface area contributed by atoms with Crippen LogP contribution in [-0.2, 0) is 0 Å². The van der Waals surface area contributed by atoms with E-state index in [0.717, 1.165) is 17.4 Å². The van der Waals surface area contributed by atoms with Crippen molar-refractivity contribution < 1.29 is 5.11 Å². The van der Waals surface area contributed by atoms with Gasteiger partial charge in [0.1, 0.15) is 0 Å². The summed E-state index contributed by atoms with van der Waals surface area (Å²) in [5.74, 6) is 0. The monoisotopic (exact) mass is 257 g/mol. The van der Waals surface area contributed by atoms with Gasteiger partial charge in [0, 0.05) is 5.54 Å². The van der Waals surface area contributed by atoms with Crippen molar-refractivity contribution in [2.75, 3.05) is 14.1 Å². The van der Waals surface area contributed by atoms with Gasteiger partial charge in [-0.05, 0) is 43.8 Å². The Kier molecular flexibility index (Phi) is 3.93. The second-order valence-corrected chi connectivity index (χ2v) is 5.58. The average Bonchev–Trinajstić information content (AvgIpc) is 2.44. The largest absolute Gasteiger partial charge is 0.386 e. The van der Waals surface area contributed by atoms with Crippen LogP contribution in [0.15, 0.2) is 42.5 Å². The minimum Gasteiger partial charge on any atom is -0.386 e. The standard InChI is InChI=1S/C17H23NO/c1-5-17(2,18(3)4)16(19)15-12-8-10-13-9-6-7-11-14(13)15/h6-12,16,19H,5H2,1-4H3. The molecular weight excluding hydrogens is 234 g/mol. The first-order valence-corrected chi connectivity index (χ1v) is 6.84. The maximum Gasteiger partial charge on any atom is 0.0976 e. The van der Waals surface area contributed by atoms with E-state index < -0.39 is 6.10 Å². The molecule has 0 amide bonds. The molecule has 2 heteroatoms. The average molecular weight is 257 g/mol. The highest BCUT2D eigenvalue weighted by atomic mass is 16.3. The van der Waals surface area contributed by atoms with Gasteiger partial charge in [-0.15, -0.1) is 0 Å². The van der Waals surface area contributed by atoms with Crippen molar-refractivity contribution in [3.05, 3.63) is 48.0 Å². The Bertz CT molecular complexity index is 559. The first-order valence-electron chi connectivity index (χ1n) is 6.84. The zero-order valence-corrected chi connectivity index (χ0v) is 12.2. The predicted octanol–water partition coefficient (Wildman–Crippen LogP) is 3.60. The van der Waals surface area contributed by atoms with Crippen molar-refractivity contribution in [3.63, 3.8) is 0 Å². The molecule has 0 heterocycles. The summed E-state index contributed by atoms with van der Waals surface area (Å²) in [5, 5.41) is 13.2. The zero-order valence-electron chi connectivity index (χ0n) is 12.2. The molecule has 0 saturated carbocycles. The summed E-state index contributed by atoms with van der Waals surface area (Å²) in [6.07, 6.45) is 0.392. The van der Waals surface area contributed by atoms with Gasteiger partial charge >= 0.3 is 0 Å². The summed E-state index contributed by atoms with van der Waals surface area (Å²) in [6, 6.07) is 14.4. The van der Waals surface area contributed by atoms with Crippen LogP contribution in [0, 0.1) is 0 Å². The Morgan fingerprint density at radius 3 is 2.37 bits per heavy atom. The van der Waals surface area contributed by atoms with Gasteiger partial charge in [-0.1, -0.05) is 49.4 Å². The fourth-order valence-electron chi connectivity index (χ4n) is 2.58. The maximum atomic E-state index is 10.9. The summed E-state index contributed by atoms with van der Waals surface area (Å²) in [4.78, 5) is 2.11. The zero-order chi connectivity index (χ0) is 14.0. The van der Waals surface area contributed by atoms with Crippen LogP contribution in [0.4, 0.5) is 0 Å². The maximum absolute atomic E-state index is 10.9. The molecule has 102 valence electrons. The summed E-state index contributed by atoms with van der Waals surface area (Å²) in [6.45, 7) is 4.23. The van der Waals surface area contributed by atoms with E-state index in [4.69, 9.17) is 0 Å². The number of hydrogen-bond acceptors (Lipinski definition) is 2. The van der Waals surface area contributed by atoms with Crippen LogP contribution >= 0.6 is 0 Å². The molecule has 19 heavy (non-hydrogen) atoms. The number of rotatable bonds is 4.